The number of aryl methyl sites for hydroxylation is 1. The fourth-order valence-electron chi connectivity index (χ4n) is 3.34. The van der Waals surface area contributed by atoms with Crippen LogP contribution in [-0.2, 0) is 6.42 Å². The van der Waals surface area contributed by atoms with E-state index in [1.54, 1.807) is 12.1 Å². The maximum Gasteiger partial charge on any atom is 0.159 e. The number of hydrogen-bond acceptors (Lipinski definition) is 1. The lowest BCUT2D eigenvalue weighted by molar-refractivity contribution is 0.254. The summed E-state index contributed by atoms with van der Waals surface area (Å²) in [6.45, 7) is 0. The molecule has 3 heteroatoms. The van der Waals surface area contributed by atoms with Gasteiger partial charge in [-0.1, -0.05) is 37.8 Å². The maximum atomic E-state index is 13.2. The van der Waals surface area contributed by atoms with E-state index in [2.05, 4.69) is 0 Å². The first-order valence-corrected chi connectivity index (χ1v) is 8.17. The predicted molar refractivity (Wildman–Crippen MR) is 84.1 cm³/mol. The normalized spacial score (nSPS) is 21.9. The number of rotatable bonds is 6. The maximum absolute atomic E-state index is 13.2. The van der Waals surface area contributed by atoms with Crippen LogP contribution < -0.4 is 0 Å². The third kappa shape index (κ3) is 5.26. The highest BCUT2D eigenvalue weighted by Gasteiger charge is 2.20. The molecule has 0 radical (unpaired) electrons. The Bertz CT molecular complexity index is 537. The van der Waals surface area contributed by atoms with Crippen molar-refractivity contribution in [2.24, 2.45) is 11.8 Å². The molecule has 0 aromatic heterocycles. The van der Waals surface area contributed by atoms with Gasteiger partial charge in [0.2, 0.25) is 0 Å². The van der Waals surface area contributed by atoms with Crippen LogP contribution in [0.3, 0.4) is 0 Å². The minimum Gasteiger partial charge on any atom is -0.204 e. The fraction of sp³-hybridized carbons (Fsp3) is 0.526. The molecule has 0 spiro atoms. The summed E-state index contributed by atoms with van der Waals surface area (Å²) in [6, 6.07) is 6.25. The summed E-state index contributed by atoms with van der Waals surface area (Å²) in [5, 5.41) is 8.44. The van der Waals surface area contributed by atoms with E-state index in [-0.39, 0.29) is 0 Å². The molecule has 0 N–H and O–H groups in total. The van der Waals surface area contributed by atoms with Gasteiger partial charge in [0, 0.05) is 6.08 Å². The first-order valence-electron chi connectivity index (χ1n) is 8.17. The summed E-state index contributed by atoms with van der Waals surface area (Å²) in [4.78, 5) is 0. The minimum atomic E-state index is -0.769. The Balaban J connectivity index is 1.68. The van der Waals surface area contributed by atoms with Crippen LogP contribution in [0.4, 0.5) is 8.78 Å². The highest BCUT2D eigenvalue weighted by atomic mass is 19.2. The quantitative estimate of drug-likeness (QED) is 0.631. The molecule has 2 rings (SSSR count). The second-order valence-corrected chi connectivity index (χ2v) is 6.28. The van der Waals surface area contributed by atoms with Crippen molar-refractivity contribution < 1.29 is 8.78 Å². The molecular formula is C19H23F2N. The van der Waals surface area contributed by atoms with Crippen LogP contribution in [0.5, 0.6) is 0 Å². The zero-order valence-corrected chi connectivity index (χ0v) is 12.9. The van der Waals surface area contributed by atoms with Gasteiger partial charge in [-0.05, 0) is 55.2 Å². The molecule has 1 fully saturated rings. The van der Waals surface area contributed by atoms with Crippen molar-refractivity contribution in [3.05, 3.63) is 47.5 Å². The third-order valence-corrected chi connectivity index (χ3v) is 4.73. The summed E-state index contributed by atoms with van der Waals surface area (Å²) >= 11 is 0. The first-order chi connectivity index (χ1) is 10.7. The van der Waals surface area contributed by atoms with Crippen LogP contribution in [0, 0.1) is 34.8 Å². The molecule has 0 aliphatic heterocycles. The van der Waals surface area contributed by atoms with Gasteiger partial charge in [-0.25, -0.2) is 8.78 Å². The molecule has 22 heavy (non-hydrogen) atoms. The fourth-order valence-corrected chi connectivity index (χ4v) is 3.34. The van der Waals surface area contributed by atoms with Gasteiger partial charge in [-0.15, -0.1) is 0 Å². The van der Waals surface area contributed by atoms with Crippen LogP contribution >= 0.6 is 0 Å². The Morgan fingerprint density at radius 1 is 1.05 bits per heavy atom. The number of nitriles is 1. The van der Waals surface area contributed by atoms with Gasteiger partial charge in [-0.3, -0.25) is 0 Å². The van der Waals surface area contributed by atoms with Crippen molar-refractivity contribution in [1.29, 1.82) is 5.26 Å². The molecule has 1 aliphatic rings. The number of hydrogen-bond donors (Lipinski definition) is 0. The molecule has 1 saturated carbocycles. The zero-order chi connectivity index (χ0) is 15.8. The minimum absolute atomic E-state index is 0.707. The van der Waals surface area contributed by atoms with E-state index in [1.165, 1.54) is 44.2 Å². The average molecular weight is 303 g/mol. The molecule has 0 bridgehead atoms. The van der Waals surface area contributed by atoms with Crippen LogP contribution in [0.2, 0.25) is 0 Å². The van der Waals surface area contributed by atoms with Gasteiger partial charge in [0.25, 0.3) is 0 Å². The van der Waals surface area contributed by atoms with Crippen molar-refractivity contribution in [2.75, 3.05) is 0 Å². The van der Waals surface area contributed by atoms with E-state index in [1.807, 2.05) is 12.1 Å². The summed E-state index contributed by atoms with van der Waals surface area (Å²) in [7, 11) is 0. The second kappa shape index (κ2) is 8.68. The van der Waals surface area contributed by atoms with Crippen molar-refractivity contribution in [3.8, 4) is 6.07 Å². The first kappa shape index (κ1) is 16.7. The number of benzene rings is 1. The van der Waals surface area contributed by atoms with Gasteiger partial charge < -0.3 is 0 Å². The molecule has 0 heterocycles. The highest BCUT2D eigenvalue weighted by Crippen LogP contribution is 2.34. The van der Waals surface area contributed by atoms with Crippen molar-refractivity contribution in [1.82, 2.24) is 0 Å². The molecule has 1 aromatic carbocycles. The van der Waals surface area contributed by atoms with E-state index >= 15 is 0 Å². The van der Waals surface area contributed by atoms with Gasteiger partial charge in [0.05, 0.1) is 6.07 Å². The molecule has 0 unspecified atom stereocenters. The number of allylic oxidation sites excluding steroid dienone is 2. The number of nitrogens with zero attached hydrogens (tertiary/aromatic N) is 1. The van der Waals surface area contributed by atoms with E-state index < -0.39 is 11.6 Å². The van der Waals surface area contributed by atoms with Crippen molar-refractivity contribution in [3.63, 3.8) is 0 Å². The third-order valence-electron chi connectivity index (χ3n) is 4.73. The average Bonchev–Trinajstić information content (AvgIpc) is 2.54. The Hall–Kier alpha value is -1.69. The van der Waals surface area contributed by atoms with E-state index in [4.69, 9.17) is 5.26 Å². The second-order valence-electron chi connectivity index (χ2n) is 6.28. The molecule has 1 nitrogen and oxygen atoms in total. The monoisotopic (exact) mass is 303 g/mol. The summed E-state index contributed by atoms with van der Waals surface area (Å²) < 4.78 is 26.1. The molecule has 1 aliphatic carbocycles. The standard InChI is InChI=1S/C19H23F2N/c20-18-12-11-17(14-19(18)21)10-9-16-7-5-15(6-8-16)4-2-1-3-13-22/h1,3,11-12,14-16H,2,4-10H2. The molecule has 1 aromatic rings. The van der Waals surface area contributed by atoms with E-state index in [9.17, 15) is 8.78 Å². The topological polar surface area (TPSA) is 23.8 Å². The Morgan fingerprint density at radius 3 is 2.36 bits per heavy atom. The Morgan fingerprint density at radius 2 is 1.73 bits per heavy atom. The summed E-state index contributed by atoms with van der Waals surface area (Å²) in [6.07, 6.45) is 12.6. The van der Waals surface area contributed by atoms with E-state index in [0.29, 0.717) is 5.92 Å². The Labute approximate surface area is 131 Å². The molecule has 0 amide bonds. The van der Waals surface area contributed by atoms with Crippen molar-refractivity contribution in [2.45, 2.75) is 51.4 Å². The molecule has 118 valence electrons. The van der Waals surface area contributed by atoms with Gasteiger partial charge >= 0.3 is 0 Å². The largest absolute Gasteiger partial charge is 0.204 e. The number of halogens is 2. The lowest BCUT2D eigenvalue weighted by Crippen LogP contribution is -2.15. The van der Waals surface area contributed by atoms with Gasteiger partial charge in [0.1, 0.15) is 0 Å². The molecule has 0 atom stereocenters. The molecule has 0 saturated heterocycles. The van der Waals surface area contributed by atoms with Gasteiger partial charge in [-0.2, -0.15) is 5.26 Å². The van der Waals surface area contributed by atoms with Crippen molar-refractivity contribution >= 4 is 0 Å². The summed E-state index contributed by atoms with van der Waals surface area (Å²) in [5.74, 6) is -0.0248. The van der Waals surface area contributed by atoms with Crippen LogP contribution in [0.25, 0.3) is 0 Å². The SMILES string of the molecule is N#CC=CCCC1CCC(CCc2ccc(F)c(F)c2)CC1. The van der Waals surface area contributed by atoms with Crippen LogP contribution in [0.1, 0.15) is 50.5 Å². The van der Waals surface area contributed by atoms with Gasteiger partial charge in [0.15, 0.2) is 11.6 Å². The zero-order valence-electron chi connectivity index (χ0n) is 12.9. The van der Waals surface area contributed by atoms with Crippen LogP contribution in [0.15, 0.2) is 30.4 Å². The lowest BCUT2D eigenvalue weighted by atomic mass is 9.78. The lowest BCUT2D eigenvalue weighted by Gasteiger charge is -2.28. The Kier molecular flexibility index (Phi) is 6.58. The molecular weight excluding hydrogens is 280 g/mol. The summed E-state index contributed by atoms with van der Waals surface area (Å²) in [5.41, 5.74) is 0.891. The van der Waals surface area contributed by atoms with E-state index in [0.717, 1.165) is 30.7 Å². The highest BCUT2D eigenvalue weighted by molar-refractivity contribution is 5.17. The smallest absolute Gasteiger partial charge is 0.159 e. The van der Waals surface area contributed by atoms with Crippen LogP contribution in [-0.4, -0.2) is 0 Å². The predicted octanol–water partition coefficient (Wildman–Crippen LogP) is 5.56.